The predicted octanol–water partition coefficient (Wildman–Crippen LogP) is 3.93. The van der Waals surface area contributed by atoms with Gasteiger partial charge < -0.3 is 15.2 Å². The zero-order valence-corrected chi connectivity index (χ0v) is 14.1. The number of amides is 1. The SMILES string of the molecule is CCCCCOc1cccc(C(=O)NCCc2ccc(O)cc2)c1. The molecule has 0 aliphatic rings. The van der Waals surface area contributed by atoms with E-state index in [1.165, 1.54) is 0 Å². The van der Waals surface area contributed by atoms with Crippen molar-refractivity contribution in [3.8, 4) is 11.5 Å². The van der Waals surface area contributed by atoms with Crippen molar-refractivity contribution in [2.45, 2.75) is 32.6 Å². The molecule has 0 aromatic heterocycles. The Labute approximate surface area is 143 Å². The van der Waals surface area contributed by atoms with E-state index in [0.29, 0.717) is 18.7 Å². The first-order chi connectivity index (χ1) is 11.7. The van der Waals surface area contributed by atoms with E-state index in [1.807, 2.05) is 24.3 Å². The number of phenols is 1. The molecular formula is C20H25NO3. The van der Waals surface area contributed by atoms with E-state index in [0.717, 1.165) is 37.0 Å². The van der Waals surface area contributed by atoms with E-state index >= 15 is 0 Å². The number of ether oxygens (including phenoxy) is 1. The van der Waals surface area contributed by atoms with Crippen LogP contribution in [0.5, 0.6) is 11.5 Å². The minimum Gasteiger partial charge on any atom is -0.508 e. The molecule has 128 valence electrons. The van der Waals surface area contributed by atoms with Crippen LogP contribution >= 0.6 is 0 Å². The molecule has 0 aliphatic carbocycles. The second-order valence-electron chi connectivity index (χ2n) is 5.76. The number of carbonyl (C=O) groups excluding carboxylic acids is 1. The largest absolute Gasteiger partial charge is 0.508 e. The van der Waals surface area contributed by atoms with Crippen LogP contribution in [0.25, 0.3) is 0 Å². The van der Waals surface area contributed by atoms with Crippen LogP contribution in [0.4, 0.5) is 0 Å². The van der Waals surface area contributed by atoms with Gasteiger partial charge in [-0.25, -0.2) is 0 Å². The summed E-state index contributed by atoms with van der Waals surface area (Å²) >= 11 is 0. The second-order valence-corrected chi connectivity index (χ2v) is 5.76. The Bertz CT molecular complexity index is 638. The Morgan fingerprint density at radius 2 is 1.92 bits per heavy atom. The van der Waals surface area contributed by atoms with Gasteiger partial charge in [-0.15, -0.1) is 0 Å². The van der Waals surface area contributed by atoms with Gasteiger partial charge in [0.1, 0.15) is 11.5 Å². The average molecular weight is 327 g/mol. The van der Waals surface area contributed by atoms with Crippen molar-refractivity contribution < 1.29 is 14.6 Å². The third kappa shape index (κ3) is 5.95. The number of unbranched alkanes of at least 4 members (excludes halogenated alkanes) is 2. The highest BCUT2D eigenvalue weighted by Crippen LogP contribution is 2.14. The minimum atomic E-state index is -0.104. The maximum Gasteiger partial charge on any atom is 0.251 e. The molecule has 2 aromatic rings. The van der Waals surface area contributed by atoms with E-state index in [2.05, 4.69) is 12.2 Å². The third-order valence-electron chi connectivity index (χ3n) is 3.75. The first-order valence-electron chi connectivity index (χ1n) is 8.48. The third-order valence-corrected chi connectivity index (χ3v) is 3.75. The molecule has 0 fully saturated rings. The normalized spacial score (nSPS) is 10.4. The number of hydrogen-bond donors (Lipinski definition) is 2. The molecule has 0 atom stereocenters. The van der Waals surface area contributed by atoms with Crippen LogP contribution in [-0.4, -0.2) is 24.2 Å². The summed E-state index contributed by atoms with van der Waals surface area (Å²) in [5, 5.41) is 12.2. The van der Waals surface area contributed by atoms with E-state index < -0.39 is 0 Å². The Hall–Kier alpha value is -2.49. The molecule has 0 bridgehead atoms. The predicted molar refractivity (Wildman–Crippen MR) is 95.6 cm³/mol. The summed E-state index contributed by atoms with van der Waals surface area (Å²) in [4.78, 5) is 12.2. The number of nitrogens with one attached hydrogen (secondary N) is 1. The maximum absolute atomic E-state index is 12.2. The average Bonchev–Trinajstić information content (AvgIpc) is 2.61. The summed E-state index contributed by atoms with van der Waals surface area (Å²) in [5.74, 6) is 0.878. The van der Waals surface area contributed by atoms with E-state index in [9.17, 15) is 9.90 Å². The maximum atomic E-state index is 12.2. The summed E-state index contributed by atoms with van der Waals surface area (Å²) in [6.45, 7) is 3.38. The lowest BCUT2D eigenvalue weighted by Gasteiger charge is -2.09. The van der Waals surface area contributed by atoms with Gasteiger partial charge in [0.25, 0.3) is 5.91 Å². The van der Waals surface area contributed by atoms with Gasteiger partial charge in [0.2, 0.25) is 0 Å². The van der Waals surface area contributed by atoms with Crippen molar-refractivity contribution in [2.75, 3.05) is 13.2 Å². The minimum absolute atomic E-state index is 0.104. The Morgan fingerprint density at radius 3 is 2.67 bits per heavy atom. The van der Waals surface area contributed by atoms with Crippen LogP contribution in [0.3, 0.4) is 0 Å². The summed E-state index contributed by atoms with van der Waals surface area (Å²) in [7, 11) is 0. The van der Waals surface area contributed by atoms with Gasteiger partial charge in [0.15, 0.2) is 0 Å². The molecule has 0 radical (unpaired) electrons. The van der Waals surface area contributed by atoms with Gasteiger partial charge in [-0.2, -0.15) is 0 Å². The summed E-state index contributed by atoms with van der Waals surface area (Å²) in [5.41, 5.74) is 1.68. The number of phenolic OH excluding ortho intramolecular Hbond substituents is 1. The van der Waals surface area contributed by atoms with Crippen LogP contribution < -0.4 is 10.1 Å². The van der Waals surface area contributed by atoms with Crippen LogP contribution in [-0.2, 0) is 6.42 Å². The highest BCUT2D eigenvalue weighted by atomic mass is 16.5. The zero-order valence-electron chi connectivity index (χ0n) is 14.1. The topological polar surface area (TPSA) is 58.6 Å². The fraction of sp³-hybridized carbons (Fsp3) is 0.350. The summed E-state index contributed by atoms with van der Waals surface area (Å²) in [6, 6.07) is 14.3. The second kappa shape index (κ2) is 9.60. The smallest absolute Gasteiger partial charge is 0.251 e. The van der Waals surface area contributed by atoms with Crippen molar-refractivity contribution in [2.24, 2.45) is 0 Å². The molecule has 2 N–H and O–H groups in total. The standard InChI is InChI=1S/C20H25NO3/c1-2-3-4-14-24-19-7-5-6-17(15-19)20(23)21-13-12-16-8-10-18(22)11-9-16/h5-11,15,22H,2-4,12-14H2,1H3,(H,21,23). The van der Waals surface area contributed by atoms with Gasteiger partial charge in [0.05, 0.1) is 6.61 Å². The summed E-state index contributed by atoms with van der Waals surface area (Å²) < 4.78 is 5.68. The molecule has 0 saturated carbocycles. The Kier molecular flexibility index (Phi) is 7.15. The first kappa shape index (κ1) is 17.9. The lowest BCUT2D eigenvalue weighted by Crippen LogP contribution is -2.25. The van der Waals surface area contributed by atoms with Crippen LogP contribution in [0.1, 0.15) is 42.1 Å². The first-order valence-corrected chi connectivity index (χ1v) is 8.48. The van der Waals surface area contributed by atoms with Gasteiger partial charge in [-0.1, -0.05) is 38.0 Å². The molecule has 4 heteroatoms. The number of carbonyl (C=O) groups is 1. The van der Waals surface area contributed by atoms with E-state index in [4.69, 9.17) is 4.74 Å². The number of aromatic hydroxyl groups is 1. The highest BCUT2D eigenvalue weighted by molar-refractivity contribution is 5.94. The monoisotopic (exact) mass is 327 g/mol. The Balaban J connectivity index is 1.80. The van der Waals surface area contributed by atoms with Crippen LogP contribution in [0.2, 0.25) is 0 Å². The fourth-order valence-corrected chi connectivity index (χ4v) is 2.35. The van der Waals surface area contributed by atoms with E-state index in [-0.39, 0.29) is 11.7 Å². The van der Waals surface area contributed by atoms with Crippen molar-refractivity contribution in [3.63, 3.8) is 0 Å². The highest BCUT2D eigenvalue weighted by Gasteiger charge is 2.06. The van der Waals surface area contributed by atoms with Gasteiger partial charge in [-0.3, -0.25) is 4.79 Å². The molecule has 4 nitrogen and oxygen atoms in total. The fourth-order valence-electron chi connectivity index (χ4n) is 2.35. The molecule has 0 unspecified atom stereocenters. The summed E-state index contributed by atoms with van der Waals surface area (Å²) in [6.07, 6.45) is 4.06. The quantitative estimate of drug-likeness (QED) is 0.686. The molecule has 0 spiro atoms. The molecule has 2 aromatic carbocycles. The lowest BCUT2D eigenvalue weighted by molar-refractivity contribution is 0.0953. The van der Waals surface area contributed by atoms with Gasteiger partial charge >= 0.3 is 0 Å². The number of benzene rings is 2. The molecular weight excluding hydrogens is 302 g/mol. The van der Waals surface area contributed by atoms with Gasteiger partial charge in [-0.05, 0) is 48.7 Å². The van der Waals surface area contributed by atoms with Crippen LogP contribution in [0.15, 0.2) is 48.5 Å². The number of hydrogen-bond acceptors (Lipinski definition) is 3. The number of rotatable bonds is 9. The molecule has 24 heavy (non-hydrogen) atoms. The Morgan fingerprint density at radius 1 is 1.12 bits per heavy atom. The van der Waals surface area contributed by atoms with Crippen LogP contribution in [0, 0.1) is 0 Å². The van der Waals surface area contributed by atoms with Crippen molar-refractivity contribution in [1.29, 1.82) is 0 Å². The van der Waals surface area contributed by atoms with Crippen molar-refractivity contribution >= 4 is 5.91 Å². The molecule has 2 rings (SSSR count). The lowest BCUT2D eigenvalue weighted by atomic mass is 10.1. The molecule has 0 aliphatic heterocycles. The molecule has 0 saturated heterocycles. The molecule has 0 heterocycles. The van der Waals surface area contributed by atoms with E-state index in [1.54, 1.807) is 24.3 Å². The molecule has 1 amide bonds. The zero-order chi connectivity index (χ0) is 17.2. The van der Waals surface area contributed by atoms with Crippen molar-refractivity contribution in [1.82, 2.24) is 5.32 Å². The van der Waals surface area contributed by atoms with Gasteiger partial charge in [0, 0.05) is 12.1 Å². The van der Waals surface area contributed by atoms with Crippen molar-refractivity contribution in [3.05, 3.63) is 59.7 Å².